The van der Waals surface area contributed by atoms with Crippen LogP contribution in [0.3, 0.4) is 0 Å². The Kier molecular flexibility index (Phi) is 4.54. The van der Waals surface area contributed by atoms with Crippen molar-refractivity contribution in [2.45, 2.75) is 13.0 Å². The van der Waals surface area contributed by atoms with Gasteiger partial charge in [0, 0.05) is 42.8 Å². The van der Waals surface area contributed by atoms with E-state index in [0.717, 1.165) is 17.2 Å². The lowest BCUT2D eigenvalue weighted by Crippen LogP contribution is -2.37. The first-order valence-corrected chi connectivity index (χ1v) is 8.63. The third-order valence-electron chi connectivity index (χ3n) is 4.58. The molecule has 1 aliphatic rings. The minimum atomic E-state index is -0.661. The van der Waals surface area contributed by atoms with Crippen molar-refractivity contribution in [3.63, 3.8) is 0 Å². The van der Waals surface area contributed by atoms with Crippen LogP contribution in [0.4, 0.5) is 20.2 Å². The van der Waals surface area contributed by atoms with Crippen LogP contribution in [-0.2, 0) is 13.0 Å². The molecule has 0 saturated heterocycles. The zero-order chi connectivity index (χ0) is 18.8. The second-order valence-electron chi connectivity index (χ2n) is 6.46. The van der Waals surface area contributed by atoms with Gasteiger partial charge in [-0.2, -0.15) is 0 Å². The highest BCUT2D eigenvalue weighted by atomic mass is 19.1. The van der Waals surface area contributed by atoms with Gasteiger partial charge in [0.1, 0.15) is 11.6 Å². The summed E-state index contributed by atoms with van der Waals surface area (Å²) in [6.07, 6.45) is 4.17. The number of anilines is 2. The molecular formula is C21H17F2N3O. The largest absolute Gasteiger partial charge is 0.353 e. The summed E-state index contributed by atoms with van der Waals surface area (Å²) >= 11 is 0. The van der Waals surface area contributed by atoms with Crippen molar-refractivity contribution in [2.24, 2.45) is 0 Å². The molecular weight excluding hydrogens is 348 g/mol. The molecule has 0 spiro atoms. The molecule has 1 aliphatic heterocycles. The molecule has 0 unspecified atom stereocenters. The molecule has 1 aromatic heterocycles. The number of carbonyl (C=O) groups excluding carboxylic acids is 1. The van der Waals surface area contributed by atoms with Crippen LogP contribution in [0.2, 0.25) is 0 Å². The third-order valence-corrected chi connectivity index (χ3v) is 4.58. The fraction of sp³-hybridized carbons (Fsp3) is 0.143. The lowest BCUT2D eigenvalue weighted by molar-refractivity contribution is 0.0727. The Hall–Kier alpha value is -3.28. The number of halogens is 2. The van der Waals surface area contributed by atoms with E-state index in [1.54, 1.807) is 29.4 Å². The number of amides is 1. The predicted octanol–water partition coefficient (Wildman–Crippen LogP) is 4.30. The quantitative estimate of drug-likeness (QED) is 0.750. The maximum Gasteiger partial charge on any atom is 0.254 e. The van der Waals surface area contributed by atoms with E-state index in [2.05, 4.69) is 10.3 Å². The maximum atomic E-state index is 13.8. The number of pyridine rings is 1. The Bertz CT molecular complexity index is 992. The van der Waals surface area contributed by atoms with Crippen LogP contribution in [-0.4, -0.2) is 22.3 Å². The molecule has 2 heterocycles. The number of fused-ring (bicyclic) bond motifs is 1. The van der Waals surface area contributed by atoms with E-state index in [4.69, 9.17) is 0 Å². The van der Waals surface area contributed by atoms with Crippen LogP contribution >= 0.6 is 0 Å². The first-order chi connectivity index (χ1) is 13.1. The Morgan fingerprint density at radius 3 is 2.78 bits per heavy atom. The zero-order valence-corrected chi connectivity index (χ0v) is 14.5. The van der Waals surface area contributed by atoms with Crippen LogP contribution < -0.4 is 5.32 Å². The molecule has 27 heavy (non-hydrogen) atoms. The number of rotatable bonds is 4. The van der Waals surface area contributed by atoms with Crippen molar-refractivity contribution < 1.29 is 13.6 Å². The Balaban J connectivity index is 1.53. The molecule has 0 aliphatic carbocycles. The van der Waals surface area contributed by atoms with Gasteiger partial charge in [-0.05, 0) is 53.9 Å². The SMILES string of the molecule is O=C1c2ccc(Nc3ccc(F)cc3F)cc2CCN1Cc1cccnc1. The number of nitrogens with one attached hydrogen (secondary N) is 1. The van der Waals surface area contributed by atoms with Gasteiger partial charge >= 0.3 is 0 Å². The Morgan fingerprint density at radius 2 is 2.00 bits per heavy atom. The molecule has 1 amide bonds. The van der Waals surface area contributed by atoms with E-state index in [1.807, 2.05) is 18.2 Å². The van der Waals surface area contributed by atoms with Crippen molar-refractivity contribution in [2.75, 3.05) is 11.9 Å². The van der Waals surface area contributed by atoms with E-state index < -0.39 is 11.6 Å². The van der Waals surface area contributed by atoms with Crippen molar-refractivity contribution in [3.8, 4) is 0 Å². The first-order valence-electron chi connectivity index (χ1n) is 8.63. The zero-order valence-electron chi connectivity index (χ0n) is 14.5. The number of benzene rings is 2. The summed E-state index contributed by atoms with van der Waals surface area (Å²) in [6.45, 7) is 1.13. The van der Waals surface area contributed by atoms with Crippen LogP contribution in [0.5, 0.6) is 0 Å². The van der Waals surface area contributed by atoms with E-state index in [1.165, 1.54) is 12.1 Å². The molecule has 136 valence electrons. The van der Waals surface area contributed by atoms with Crippen molar-refractivity contribution in [1.29, 1.82) is 0 Å². The lowest BCUT2D eigenvalue weighted by atomic mass is 9.97. The van der Waals surface area contributed by atoms with Gasteiger partial charge in [0.2, 0.25) is 0 Å². The number of hydrogen-bond donors (Lipinski definition) is 1. The highest BCUT2D eigenvalue weighted by molar-refractivity contribution is 5.97. The Morgan fingerprint density at radius 1 is 1.11 bits per heavy atom. The average Bonchev–Trinajstić information content (AvgIpc) is 2.67. The van der Waals surface area contributed by atoms with Crippen LogP contribution in [0.25, 0.3) is 0 Å². The van der Waals surface area contributed by atoms with Crippen molar-refractivity contribution in [3.05, 3.63) is 89.2 Å². The summed E-state index contributed by atoms with van der Waals surface area (Å²) in [5.41, 5.74) is 3.40. The first kappa shape index (κ1) is 17.1. The molecule has 0 saturated carbocycles. The fourth-order valence-corrected chi connectivity index (χ4v) is 3.22. The van der Waals surface area contributed by atoms with E-state index in [-0.39, 0.29) is 11.6 Å². The molecule has 0 radical (unpaired) electrons. The van der Waals surface area contributed by atoms with Crippen LogP contribution in [0.1, 0.15) is 21.5 Å². The summed E-state index contributed by atoms with van der Waals surface area (Å²) in [7, 11) is 0. The maximum absolute atomic E-state index is 13.8. The van der Waals surface area contributed by atoms with Gasteiger partial charge in [-0.25, -0.2) is 8.78 Å². The van der Waals surface area contributed by atoms with E-state index in [9.17, 15) is 13.6 Å². The third kappa shape index (κ3) is 3.65. The minimum absolute atomic E-state index is 0.0281. The molecule has 0 atom stereocenters. The van der Waals surface area contributed by atoms with Crippen molar-refractivity contribution >= 4 is 17.3 Å². The lowest BCUT2D eigenvalue weighted by Gasteiger charge is -2.29. The van der Waals surface area contributed by atoms with Gasteiger partial charge < -0.3 is 10.2 Å². The standard InChI is InChI=1S/C21H17F2N3O/c22-16-3-6-20(19(23)11-16)25-17-4-5-18-15(10-17)7-9-26(21(18)27)13-14-2-1-8-24-12-14/h1-6,8,10-12,25H,7,9,13H2. The highest BCUT2D eigenvalue weighted by Crippen LogP contribution is 2.26. The summed E-state index contributed by atoms with van der Waals surface area (Å²) in [5, 5.41) is 2.94. The van der Waals surface area contributed by atoms with Gasteiger partial charge in [-0.1, -0.05) is 6.07 Å². The second kappa shape index (κ2) is 7.15. The molecule has 1 N–H and O–H groups in total. The van der Waals surface area contributed by atoms with Crippen LogP contribution in [0, 0.1) is 11.6 Å². The summed E-state index contributed by atoms with van der Waals surface area (Å²) in [4.78, 5) is 18.6. The molecule has 2 aromatic carbocycles. The van der Waals surface area contributed by atoms with Crippen molar-refractivity contribution in [1.82, 2.24) is 9.88 Å². The van der Waals surface area contributed by atoms with Gasteiger partial charge in [0.15, 0.2) is 0 Å². The van der Waals surface area contributed by atoms with Gasteiger partial charge in [-0.3, -0.25) is 9.78 Å². The summed E-state index contributed by atoms with van der Waals surface area (Å²) < 4.78 is 26.9. The molecule has 3 aromatic rings. The second-order valence-corrected chi connectivity index (χ2v) is 6.46. The fourth-order valence-electron chi connectivity index (χ4n) is 3.22. The highest BCUT2D eigenvalue weighted by Gasteiger charge is 2.24. The number of hydrogen-bond acceptors (Lipinski definition) is 3. The summed E-state index contributed by atoms with van der Waals surface area (Å²) in [5.74, 6) is -1.31. The number of aromatic nitrogens is 1. The van der Waals surface area contributed by atoms with E-state index in [0.29, 0.717) is 30.8 Å². The topological polar surface area (TPSA) is 45.2 Å². The molecule has 4 nitrogen and oxygen atoms in total. The van der Waals surface area contributed by atoms with Gasteiger partial charge in [0.05, 0.1) is 5.69 Å². The molecule has 6 heteroatoms. The smallest absolute Gasteiger partial charge is 0.254 e. The minimum Gasteiger partial charge on any atom is -0.353 e. The number of nitrogens with zero attached hydrogens (tertiary/aromatic N) is 2. The van der Waals surface area contributed by atoms with Crippen LogP contribution in [0.15, 0.2) is 60.9 Å². The summed E-state index contributed by atoms with van der Waals surface area (Å²) in [6, 6.07) is 12.5. The van der Waals surface area contributed by atoms with E-state index >= 15 is 0 Å². The normalized spacial score (nSPS) is 13.4. The van der Waals surface area contributed by atoms with Gasteiger partial charge in [-0.15, -0.1) is 0 Å². The Labute approximate surface area is 155 Å². The molecule has 4 rings (SSSR count). The molecule has 0 fully saturated rings. The number of carbonyl (C=O) groups is 1. The molecule has 0 bridgehead atoms. The van der Waals surface area contributed by atoms with Gasteiger partial charge in [0.25, 0.3) is 5.91 Å². The predicted molar refractivity (Wildman–Crippen MR) is 98.8 cm³/mol. The monoisotopic (exact) mass is 365 g/mol. The average molecular weight is 365 g/mol.